The van der Waals surface area contributed by atoms with Crippen LogP contribution in [0.5, 0.6) is 0 Å². The normalized spacial score (nSPS) is 25.3. The van der Waals surface area contributed by atoms with Gasteiger partial charge in [-0.25, -0.2) is 0 Å². The zero-order chi connectivity index (χ0) is 11.8. The van der Waals surface area contributed by atoms with Gasteiger partial charge < -0.3 is 4.98 Å². The van der Waals surface area contributed by atoms with Crippen LogP contribution in [-0.4, -0.2) is 4.98 Å². The molecule has 1 aliphatic rings. The number of aromatic nitrogens is 1. The third-order valence-electron chi connectivity index (χ3n) is 4.25. The van der Waals surface area contributed by atoms with Crippen LogP contribution in [0.1, 0.15) is 49.7 Å². The fourth-order valence-electron chi connectivity index (χ4n) is 3.31. The Hall–Kier alpha value is -1.24. The summed E-state index contributed by atoms with van der Waals surface area (Å²) in [5.74, 6) is 1.66. The van der Waals surface area contributed by atoms with Gasteiger partial charge in [0.25, 0.3) is 0 Å². The lowest BCUT2D eigenvalue weighted by molar-refractivity contribution is 0.345. The van der Waals surface area contributed by atoms with Crippen LogP contribution in [0.15, 0.2) is 24.4 Å². The van der Waals surface area contributed by atoms with Gasteiger partial charge in [0, 0.05) is 17.1 Å². The first-order valence-electron chi connectivity index (χ1n) is 6.81. The van der Waals surface area contributed by atoms with E-state index >= 15 is 0 Å². The Morgan fingerprint density at radius 3 is 2.94 bits per heavy atom. The summed E-state index contributed by atoms with van der Waals surface area (Å²) < 4.78 is 0. The van der Waals surface area contributed by atoms with E-state index in [9.17, 15) is 0 Å². The minimum atomic E-state index is 0.772. The molecule has 0 aliphatic heterocycles. The number of aryl methyl sites for hydroxylation is 1. The first-order valence-corrected chi connectivity index (χ1v) is 6.81. The van der Waals surface area contributed by atoms with Gasteiger partial charge in [0.1, 0.15) is 0 Å². The van der Waals surface area contributed by atoms with Crippen LogP contribution in [0, 0.1) is 12.8 Å². The highest BCUT2D eigenvalue weighted by molar-refractivity contribution is 5.84. The van der Waals surface area contributed by atoms with Crippen molar-refractivity contribution in [3.63, 3.8) is 0 Å². The Bertz CT molecular complexity index is 523. The van der Waals surface area contributed by atoms with Crippen LogP contribution in [0.4, 0.5) is 0 Å². The van der Waals surface area contributed by atoms with Crippen LogP contribution in [0.3, 0.4) is 0 Å². The third-order valence-corrected chi connectivity index (χ3v) is 4.25. The smallest absolute Gasteiger partial charge is 0.0457 e. The molecule has 1 saturated carbocycles. The summed E-state index contributed by atoms with van der Waals surface area (Å²) >= 11 is 0. The molecule has 2 unspecified atom stereocenters. The molecule has 3 rings (SSSR count). The van der Waals surface area contributed by atoms with E-state index in [-0.39, 0.29) is 0 Å². The molecule has 1 fully saturated rings. The SMILES string of the molecule is Cc1ccc2[nH]cc(C3CCCC(C)C3)c2c1. The summed E-state index contributed by atoms with van der Waals surface area (Å²) in [6.07, 6.45) is 7.78. The van der Waals surface area contributed by atoms with Crippen molar-refractivity contribution < 1.29 is 0 Å². The molecule has 90 valence electrons. The zero-order valence-corrected chi connectivity index (χ0v) is 10.8. The topological polar surface area (TPSA) is 15.8 Å². The second kappa shape index (κ2) is 4.21. The highest BCUT2D eigenvalue weighted by atomic mass is 14.7. The van der Waals surface area contributed by atoms with E-state index in [2.05, 4.69) is 43.2 Å². The Morgan fingerprint density at radius 2 is 2.12 bits per heavy atom. The second-order valence-corrected chi connectivity index (χ2v) is 5.76. The van der Waals surface area contributed by atoms with Crippen molar-refractivity contribution in [3.8, 4) is 0 Å². The van der Waals surface area contributed by atoms with Crippen molar-refractivity contribution in [1.82, 2.24) is 4.98 Å². The predicted octanol–water partition coefficient (Wildman–Crippen LogP) is 4.77. The number of fused-ring (bicyclic) bond motifs is 1. The minimum Gasteiger partial charge on any atom is -0.361 e. The minimum absolute atomic E-state index is 0.772. The van der Waals surface area contributed by atoms with Gasteiger partial charge >= 0.3 is 0 Å². The second-order valence-electron chi connectivity index (χ2n) is 5.76. The molecular weight excluding hydrogens is 206 g/mol. The van der Waals surface area contributed by atoms with E-state index in [1.54, 1.807) is 5.56 Å². The summed E-state index contributed by atoms with van der Waals surface area (Å²) in [4.78, 5) is 3.43. The molecular formula is C16H21N. The third kappa shape index (κ3) is 1.99. The molecule has 17 heavy (non-hydrogen) atoms. The zero-order valence-electron chi connectivity index (χ0n) is 10.8. The van der Waals surface area contributed by atoms with Gasteiger partial charge in [-0.15, -0.1) is 0 Å². The van der Waals surface area contributed by atoms with Gasteiger partial charge in [0.05, 0.1) is 0 Å². The number of H-pyrrole nitrogens is 1. The van der Waals surface area contributed by atoms with Crippen LogP contribution < -0.4 is 0 Å². The average Bonchev–Trinajstić information content (AvgIpc) is 2.71. The van der Waals surface area contributed by atoms with Gasteiger partial charge in [0.15, 0.2) is 0 Å². The summed E-state index contributed by atoms with van der Waals surface area (Å²) in [5, 5.41) is 1.45. The van der Waals surface area contributed by atoms with Crippen molar-refractivity contribution in [2.24, 2.45) is 5.92 Å². The lowest BCUT2D eigenvalue weighted by Crippen LogP contribution is -2.11. The number of hydrogen-bond donors (Lipinski definition) is 1. The van der Waals surface area contributed by atoms with Gasteiger partial charge in [-0.05, 0) is 49.3 Å². The monoisotopic (exact) mass is 227 g/mol. The molecule has 0 saturated heterocycles. The van der Waals surface area contributed by atoms with Crippen molar-refractivity contribution in [1.29, 1.82) is 0 Å². The Balaban J connectivity index is 2.01. The number of benzene rings is 1. The molecule has 0 amide bonds. The first kappa shape index (κ1) is 10.9. The van der Waals surface area contributed by atoms with E-state index in [1.165, 1.54) is 42.1 Å². The van der Waals surface area contributed by atoms with E-state index in [0.717, 1.165) is 11.8 Å². The molecule has 0 bridgehead atoms. The fourth-order valence-corrected chi connectivity index (χ4v) is 3.31. The first-order chi connectivity index (χ1) is 8.24. The molecule has 1 heteroatoms. The van der Waals surface area contributed by atoms with E-state index in [0.29, 0.717) is 0 Å². The van der Waals surface area contributed by atoms with E-state index in [4.69, 9.17) is 0 Å². The van der Waals surface area contributed by atoms with Gasteiger partial charge in [-0.3, -0.25) is 0 Å². The molecule has 0 radical (unpaired) electrons. The van der Waals surface area contributed by atoms with Crippen molar-refractivity contribution in [3.05, 3.63) is 35.5 Å². The van der Waals surface area contributed by atoms with Gasteiger partial charge in [-0.1, -0.05) is 31.4 Å². The highest BCUT2D eigenvalue weighted by Crippen LogP contribution is 2.38. The molecule has 1 aliphatic carbocycles. The molecule has 1 N–H and O–H groups in total. The largest absolute Gasteiger partial charge is 0.361 e. The lowest BCUT2D eigenvalue weighted by atomic mass is 9.79. The molecule has 2 atom stereocenters. The standard InChI is InChI=1S/C16H21N/c1-11-4-3-5-13(8-11)15-10-17-16-7-6-12(2)9-14(15)16/h6-7,9-11,13,17H,3-5,8H2,1-2H3. The molecule has 1 aromatic carbocycles. The van der Waals surface area contributed by atoms with Crippen molar-refractivity contribution >= 4 is 10.9 Å². The summed E-state index contributed by atoms with van der Waals surface area (Å²) in [5.41, 5.74) is 4.21. The average molecular weight is 227 g/mol. The molecule has 1 nitrogen and oxygen atoms in total. The van der Waals surface area contributed by atoms with Crippen LogP contribution in [0.2, 0.25) is 0 Å². The van der Waals surface area contributed by atoms with E-state index < -0.39 is 0 Å². The van der Waals surface area contributed by atoms with E-state index in [1.807, 2.05) is 0 Å². The Labute approximate surface area is 103 Å². The van der Waals surface area contributed by atoms with Crippen LogP contribution >= 0.6 is 0 Å². The predicted molar refractivity (Wildman–Crippen MR) is 73.4 cm³/mol. The Kier molecular flexibility index (Phi) is 2.70. The fraction of sp³-hybridized carbons (Fsp3) is 0.500. The number of rotatable bonds is 1. The van der Waals surface area contributed by atoms with Crippen molar-refractivity contribution in [2.45, 2.75) is 45.4 Å². The van der Waals surface area contributed by atoms with Crippen molar-refractivity contribution in [2.75, 3.05) is 0 Å². The number of nitrogens with one attached hydrogen (secondary N) is 1. The summed E-state index contributed by atoms with van der Waals surface area (Å²) in [7, 11) is 0. The number of hydrogen-bond acceptors (Lipinski definition) is 0. The number of aromatic amines is 1. The summed E-state index contributed by atoms with van der Waals surface area (Å²) in [6.45, 7) is 4.58. The Morgan fingerprint density at radius 1 is 1.24 bits per heavy atom. The quantitative estimate of drug-likeness (QED) is 0.722. The highest BCUT2D eigenvalue weighted by Gasteiger charge is 2.22. The maximum Gasteiger partial charge on any atom is 0.0457 e. The summed E-state index contributed by atoms with van der Waals surface area (Å²) in [6, 6.07) is 6.73. The van der Waals surface area contributed by atoms with Crippen LogP contribution in [-0.2, 0) is 0 Å². The van der Waals surface area contributed by atoms with Crippen LogP contribution in [0.25, 0.3) is 10.9 Å². The molecule has 1 heterocycles. The van der Waals surface area contributed by atoms with Gasteiger partial charge in [0.2, 0.25) is 0 Å². The molecule has 1 aromatic heterocycles. The van der Waals surface area contributed by atoms with Gasteiger partial charge in [-0.2, -0.15) is 0 Å². The maximum atomic E-state index is 3.43. The molecule has 0 spiro atoms. The lowest BCUT2D eigenvalue weighted by Gasteiger charge is -2.26. The molecule has 2 aromatic rings. The maximum absolute atomic E-state index is 3.43.